The summed E-state index contributed by atoms with van der Waals surface area (Å²) in [7, 11) is -1.91. The average molecular weight is 449 g/mol. The van der Waals surface area contributed by atoms with E-state index in [1.54, 1.807) is 47.9 Å². The Kier molecular flexibility index (Phi) is 5.51. The van der Waals surface area contributed by atoms with E-state index in [-0.39, 0.29) is 17.3 Å². The van der Waals surface area contributed by atoms with Gasteiger partial charge in [0.2, 0.25) is 10.0 Å². The Labute approximate surface area is 179 Å². The van der Waals surface area contributed by atoms with Crippen LogP contribution in [0.25, 0.3) is 10.6 Å². The molecule has 0 aromatic carbocycles. The van der Waals surface area contributed by atoms with Crippen molar-refractivity contribution in [2.45, 2.75) is 25.2 Å². The van der Waals surface area contributed by atoms with Gasteiger partial charge in [-0.2, -0.15) is 14.5 Å². The van der Waals surface area contributed by atoms with Crippen molar-refractivity contribution in [2.24, 2.45) is 7.05 Å². The highest BCUT2D eigenvalue weighted by atomic mass is 32.2. The molecule has 1 saturated heterocycles. The fourth-order valence-electron chi connectivity index (χ4n) is 3.76. The molecule has 0 saturated carbocycles. The highest BCUT2D eigenvalue weighted by Gasteiger charge is 2.32. The zero-order valence-electron chi connectivity index (χ0n) is 17.1. The minimum Gasteiger partial charge on any atom is -0.336 e. The molecule has 11 heteroatoms. The number of thiophene rings is 1. The van der Waals surface area contributed by atoms with E-state index in [0.29, 0.717) is 43.1 Å². The van der Waals surface area contributed by atoms with Crippen LogP contribution in [0.5, 0.6) is 0 Å². The first-order valence-corrected chi connectivity index (χ1v) is 12.0. The van der Waals surface area contributed by atoms with E-state index in [0.717, 1.165) is 10.6 Å². The number of amides is 1. The molecule has 1 aliphatic heterocycles. The molecule has 1 N–H and O–H groups in total. The lowest BCUT2D eigenvalue weighted by Crippen LogP contribution is -2.38. The van der Waals surface area contributed by atoms with Crippen LogP contribution in [0, 0.1) is 13.8 Å². The topological polar surface area (TPSA) is 104 Å². The highest BCUT2D eigenvalue weighted by molar-refractivity contribution is 7.89. The summed E-state index contributed by atoms with van der Waals surface area (Å²) in [6.07, 6.45) is 0.566. The molecular formula is C19H24N6O3S2. The molecule has 0 radical (unpaired) electrons. The van der Waals surface area contributed by atoms with Gasteiger partial charge in [0.05, 0.1) is 16.3 Å². The molecule has 1 amide bonds. The van der Waals surface area contributed by atoms with Crippen LogP contribution in [0.1, 0.15) is 28.3 Å². The SMILES string of the molecule is Cc1n[nH]c(C)c1S(=O)(=O)N1CCCN(C(=O)c2cc(-c3cccs3)nn2C)CC1. The summed E-state index contributed by atoms with van der Waals surface area (Å²) in [6, 6.07) is 5.71. The largest absolute Gasteiger partial charge is 0.336 e. The summed E-state index contributed by atoms with van der Waals surface area (Å²) in [5.41, 5.74) is 2.25. The first-order valence-electron chi connectivity index (χ1n) is 9.68. The van der Waals surface area contributed by atoms with Gasteiger partial charge in [0.25, 0.3) is 5.91 Å². The summed E-state index contributed by atoms with van der Waals surface area (Å²) < 4.78 is 29.3. The first-order chi connectivity index (χ1) is 14.3. The Morgan fingerprint density at radius 2 is 2.00 bits per heavy atom. The Morgan fingerprint density at radius 1 is 1.20 bits per heavy atom. The zero-order valence-corrected chi connectivity index (χ0v) is 18.8. The van der Waals surface area contributed by atoms with Gasteiger partial charge in [0.15, 0.2) is 0 Å². The van der Waals surface area contributed by atoms with Crippen molar-refractivity contribution in [1.29, 1.82) is 0 Å². The molecule has 30 heavy (non-hydrogen) atoms. The number of carbonyl (C=O) groups is 1. The fraction of sp³-hybridized carbons (Fsp3) is 0.421. The first kappa shape index (κ1) is 20.8. The maximum absolute atomic E-state index is 13.1. The molecule has 4 heterocycles. The highest BCUT2D eigenvalue weighted by Crippen LogP contribution is 2.25. The molecule has 0 atom stereocenters. The van der Waals surface area contributed by atoms with Crippen molar-refractivity contribution in [1.82, 2.24) is 29.2 Å². The third-order valence-electron chi connectivity index (χ3n) is 5.27. The maximum Gasteiger partial charge on any atom is 0.272 e. The van der Waals surface area contributed by atoms with Gasteiger partial charge in [-0.25, -0.2) is 8.42 Å². The van der Waals surface area contributed by atoms with Gasteiger partial charge in [-0.05, 0) is 37.8 Å². The van der Waals surface area contributed by atoms with E-state index in [4.69, 9.17) is 0 Å². The molecule has 3 aromatic rings. The molecule has 0 bridgehead atoms. The second-order valence-corrected chi connectivity index (χ2v) is 10.2. The molecule has 0 aliphatic carbocycles. The number of nitrogens with one attached hydrogen (secondary N) is 1. The van der Waals surface area contributed by atoms with Gasteiger partial charge in [0, 0.05) is 33.2 Å². The van der Waals surface area contributed by atoms with Crippen molar-refractivity contribution >= 4 is 27.3 Å². The molecule has 1 fully saturated rings. The molecule has 1 aliphatic rings. The number of hydrogen-bond acceptors (Lipinski definition) is 6. The van der Waals surface area contributed by atoms with E-state index >= 15 is 0 Å². The zero-order chi connectivity index (χ0) is 21.5. The van der Waals surface area contributed by atoms with Crippen LogP contribution in [-0.4, -0.2) is 69.7 Å². The molecule has 3 aromatic heterocycles. The van der Waals surface area contributed by atoms with Gasteiger partial charge >= 0.3 is 0 Å². The number of aryl methyl sites for hydroxylation is 3. The lowest BCUT2D eigenvalue weighted by molar-refractivity contribution is 0.0753. The molecule has 4 rings (SSSR count). The number of nitrogens with zero attached hydrogens (tertiary/aromatic N) is 5. The quantitative estimate of drug-likeness (QED) is 0.658. The summed E-state index contributed by atoms with van der Waals surface area (Å²) in [6.45, 7) is 4.81. The number of H-pyrrole nitrogens is 1. The summed E-state index contributed by atoms with van der Waals surface area (Å²) in [4.78, 5) is 16.1. The smallest absolute Gasteiger partial charge is 0.272 e. The van der Waals surface area contributed by atoms with Gasteiger partial charge in [0.1, 0.15) is 16.3 Å². The summed E-state index contributed by atoms with van der Waals surface area (Å²) >= 11 is 1.57. The number of rotatable bonds is 4. The van der Waals surface area contributed by atoms with E-state index in [1.165, 1.54) is 4.31 Å². The van der Waals surface area contributed by atoms with Crippen LogP contribution in [0.3, 0.4) is 0 Å². The Bertz CT molecular complexity index is 1140. The Balaban J connectivity index is 1.52. The number of hydrogen-bond donors (Lipinski definition) is 1. The summed E-state index contributed by atoms with van der Waals surface area (Å²) in [5.74, 6) is -0.136. The monoisotopic (exact) mass is 448 g/mol. The van der Waals surface area contributed by atoms with E-state index in [1.807, 2.05) is 17.5 Å². The summed E-state index contributed by atoms with van der Waals surface area (Å²) in [5, 5.41) is 13.2. The molecule has 9 nitrogen and oxygen atoms in total. The lowest BCUT2D eigenvalue weighted by Gasteiger charge is -2.22. The van der Waals surface area contributed by atoms with Crippen LogP contribution in [0.2, 0.25) is 0 Å². The van der Waals surface area contributed by atoms with Gasteiger partial charge in [-0.1, -0.05) is 6.07 Å². The lowest BCUT2D eigenvalue weighted by atomic mass is 10.2. The third kappa shape index (κ3) is 3.68. The van der Waals surface area contributed by atoms with Gasteiger partial charge < -0.3 is 4.90 Å². The standard InChI is InChI=1S/C19H24N6O3S2/c1-13-18(14(2)21-20-13)30(27,28)25-8-5-7-24(9-10-25)19(26)16-12-15(22-23(16)3)17-6-4-11-29-17/h4,6,11-12H,5,7-10H2,1-3H3,(H,20,21). The van der Waals surface area contributed by atoms with Crippen LogP contribution in [0.15, 0.2) is 28.5 Å². The number of carbonyl (C=O) groups excluding carboxylic acids is 1. The van der Waals surface area contributed by atoms with Crippen LogP contribution in [-0.2, 0) is 17.1 Å². The van der Waals surface area contributed by atoms with Crippen LogP contribution in [0.4, 0.5) is 0 Å². The third-order valence-corrected chi connectivity index (χ3v) is 8.33. The van der Waals surface area contributed by atoms with Crippen molar-refractivity contribution in [3.63, 3.8) is 0 Å². The van der Waals surface area contributed by atoms with Gasteiger partial charge in [-0.15, -0.1) is 11.3 Å². The number of aromatic amines is 1. The molecule has 0 unspecified atom stereocenters. The molecular weight excluding hydrogens is 424 g/mol. The van der Waals surface area contributed by atoms with Crippen LogP contribution >= 0.6 is 11.3 Å². The number of sulfonamides is 1. The Morgan fingerprint density at radius 3 is 2.67 bits per heavy atom. The van der Waals surface area contributed by atoms with Crippen molar-refractivity contribution < 1.29 is 13.2 Å². The predicted octanol–water partition coefficient (Wildman–Crippen LogP) is 2.03. The minimum atomic E-state index is -3.67. The second-order valence-electron chi connectivity index (χ2n) is 7.33. The fourth-order valence-corrected chi connectivity index (χ4v) is 6.24. The number of aromatic nitrogens is 4. The Hall–Kier alpha value is -2.50. The predicted molar refractivity (Wildman–Crippen MR) is 114 cm³/mol. The van der Waals surface area contributed by atoms with Crippen molar-refractivity contribution in [2.75, 3.05) is 26.2 Å². The second kappa shape index (κ2) is 7.97. The van der Waals surface area contributed by atoms with Crippen LogP contribution < -0.4 is 0 Å². The molecule has 0 spiro atoms. The van der Waals surface area contributed by atoms with E-state index < -0.39 is 10.0 Å². The minimum absolute atomic E-state index is 0.136. The van der Waals surface area contributed by atoms with E-state index in [2.05, 4.69) is 15.3 Å². The average Bonchev–Trinajstić information content (AvgIpc) is 3.38. The van der Waals surface area contributed by atoms with Crippen molar-refractivity contribution in [3.05, 3.63) is 40.7 Å². The maximum atomic E-state index is 13.1. The van der Waals surface area contributed by atoms with Crippen molar-refractivity contribution in [3.8, 4) is 10.6 Å². The van der Waals surface area contributed by atoms with E-state index in [9.17, 15) is 13.2 Å². The van der Waals surface area contributed by atoms with Gasteiger partial charge in [-0.3, -0.25) is 14.6 Å². The normalized spacial score (nSPS) is 16.0. The molecule has 160 valence electrons.